The van der Waals surface area contributed by atoms with Crippen molar-refractivity contribution in [1.82, 2.24) is 0 Å². The molecule has 2 heteroatoms. The van der Waals surface area contributed by atoms with E-state index in [-0.39, 0.29) is 5.78 Å². The number of carbonyl (C=O) groups excluding carboxylic acids is 1. The molecule has 0 aliphatic carbocycles. The highest BCUT2D eigenvalue weighted by Crippen LogP contribution is 2.10. The molecular formula is C14H19BrO. The third-order valence-corrected chi connectivity index (χ3v) is 3.06. The molecule has 1 aromatic carbocycles. The molecular weight excluding hydrogens is 264 g/mol. The second-order valence-electron chi connectivity index (χ2n) is 4.02. The maximum Gasteiger partial charge on any atom is 0.163 e. The molecule has 0 N–H and O–H groups in total. The highest BCUT2D eigenvalue weighted by Gasteiger charge is 2.04. The van der Waals surface area contributed by atoms with Crippen LogP contribution in [0.15, 0.2) is 24.3 Å². The van der Waals surface area contributed by atoms with Gasteiger partial charge < -0.3 is 0 Å². The molecule has 1 aromatic rings. The van der Waals surface area contributed by atoms with Gasteiger partial charge in [-0.05, 0) is 18.4 Å². The van der Waals surface area contributed by atoms with Crippen LogP contribution in [0.3, 0.4) is 0 Å². The van der Waals surface area contributed by atoms with Crippen molar-refractivity contribution < 1.29 is 4.79 Å². The van der Waals surface area contributed by atoms with Crippen LogP contribution in [0, 0.1) is 0 Å². The van der Waals surface area contributed by atoms with Crippen LogP contribution >= 0.6 is 15.9 Å². The van der Waals surface area contributed by atoms with Crippen molar-refractivity contribution in [3.8, 4) is 0 Å². The third kappa shape index (κ3) is 4.48. The topological polar surface area (TPSA) is 17.1 Å². The van der Waals surface area contributed by atoms with Gasteiger partial charge in [-0.2, -0.15) is 0 Å². The Morgan fingerprint density at radius 1 is 1.19 bits per heavy atom. The summed E-state index contributed by atoms with van der Waals surface area (Å²) in [6.07, 6.45) is 5.48. The maximum absolute atomic E-state index is 11.6. The lowest BCUT2D eigenvalue weighted by atomic mass is 10.0. The van der Waals surface area contributed by atoms with Gasteiger partial charge in [0.25, 0.3) is 0 Å². The van der Waals surface area contributed by atoms with Crippen LogP contribution in [0.2, 0.25) is 0 Å². The van der Waals surface area contributed by atoms with E-state index in [0.717, 1.165) is 17.3 Å². The van der Waals surface area contributed by atoms with Crippen molar-refractivity contribution >= 4 is 21.7 Å². The van der Waals surface area contributed by atoms with E-state index in [4.69, 9.17) is 0 Å². The Kier molecular flexibility index (Phi) is 6.39. The van der Waals surface area contributed by atoms with E-state index in [0.29, 0.717) is 6.42 Å². The molecule has 0 spiro atoms. The van der Waals surface area contributed by atoms with E-state index < -0.39 is 0 Å². The molecule has 0 aromatic heterocycles. The summed E-state index contributed by atoms with van der Waals surface area (Å²) >= 11 is 3.28. The maximum atomic E-state index is 11.6. The average molecular weight is 283 g/mol. The molecule has 0 fully saturated rings. The molecule has 0 saturated heterocycles. The Balaban J connectivity index is 2.50. The van der Waals surface area contributed by atoms with Crippen molar-refractivity contribution in [2.24, 2.45) is 0 Å². The van der Waals surface area contributed by atoms with Crippen LogP contribution in [0.25, 0.3) is 0 Å². The summed E-state index contributed by atoms with van der Waals surface area (Å²) in [4.78, 5) is 11.6. The number of ketones is 1. The van der Waals surface area contributed by atoms with Crippen LogP contribution < -0.4 is 0 Å². The fraction of sp³-hybridized carbons (Fsp3) is 0.500. The van der Waals surface area contributed by atoms with Crippen molar-refractivity contribution in [2.75, 3.05) is 5.33 Å². The number of unbranched alkanes of at least 4 members (excludes halogenated alkanes) is 2. The molecule has 0 bridgehead atoms. The quantitative estimate of drug-likeness (QED) is 0.412. The van der Waals surface area contributed by atoms with E-state index in [1.807, 2.05) is 12.1 Å². The first-order chi connectivity index (χ1) is 7.77. The highest BCUT2D eigenvalue weighted by molar-refractivity contribution is 9.09. The SMILES string of the molecule is CCCCCc1ccc(C(=O)CCBr)cc1. The molecule has 0 saturated carbocycles. The molecule has 16 heavy (non-hydrogen) atoms. The first-order valence-corrected chi connectivity index (χ1v) is 7.08. The summed E-state index contributed by atoms with van der Waals surface area (Å²) in [6.45, 7) is 2.21. The van der Waals surface area contributed by atoms with E-state index in [9.17, 15) is 4.79 Å². The summed E-state index contributed by atoms with van der Waals surface area (Å²) in [5.74, 6) is 0.219. The summed E-state index contributed by atoms with van der Waals surface area (Å²) in [5.41, 5.74) is 2.17. The Bertz CT molecular complexity index is 316. The second-order valence-corrected chi connectivity index (χ2v) is 4.81. The molecule has 0 heterocycles. The number of hydrogen-bond donors (Lipinski definition) is 0. The van der Waals surface area contributed by atoms with Gasteiger partial charge in [0.15, 0.2) is 5.78 Å². The van der Waals surface area contributed by atoms with Crippen molar-refractivity contribution in [3.63, 3.8) is 0 Å². The average Bonchev–Trinajstić information content (AvgIpc) is 2.30. The minimum atomic E-state index is 0.219. The van der Waals surface area contributed by atoms with Gasteiger partial charge in [0, 0.05) is 17.3 Å². The minimum Gasteiger partial charge on any atom is -0.294 e. The predicted octanol–water partition coefficient (Wildman–Crippen LogP) is 4.39. The van der Waals surface area contributed by atoms with Crippen molar-refractivity contribution in [3.05, 3.63) is 35.4 Å². The van der Waals surface area contributed by atoms with E-state index in [1.165, 1.54) is 24.8 Å². The van der Waals surface area contributed by atoms with E-state index >= 15 is 0 Å². The molecule has 0 amide bonds. The molecule has 0 aliphatic rings. The molecule has 0 aliphatic heterocycles. The van der Waals surface area contributed by atoms with Crippen LogP contribution in [0.1, 0.15) is 48.5 Å². The molecule has 0 radical (unpaired) electrons. The lowest BCUT2D eigenvalue weighted by molar-refractivity contribution is 0.0990. The van der Waals surface area contributed by atoms with E-state index in [1.54, 1.807) is 0 Å². The largest absolute Gasteiger partial charge is 0.294 e. The lowest BCUT2D eigenvalue weighted by Crippen LogP contribution is -1.99. The molecule has 0 unspecified atom stereocenters. The fourth-order valence-corrected chi connectivity index (χ4v) is 2.03. The predicted molar refractivity (Wildman–Crippen MR) is 72.4 cm³/mol. The first-order valence-electron chi connectivity index (χ1n) is 5.96. The lowest BCUT2D eigenvalue weighted by Gasteiger charge is -2.02. The zero-order chi connectivity index (χ0) is 11.8. The second kappa shape index (κ2) is 7.61. The molecule has 1 rings (SSSR count). The van der Waals surface area contributed by atoms with Gasteiger partial charge in [-0.1, -0.05) is 60.0 Å². The van der Waals surface area contributed by atoms with Crippen LogP contribution in [-0.2, 0) is 6.42 Å². The smallest absolute Gasteiger partial charge is 0.163 e. The Hall–Kier alpha value is -0.630. The number of benzene rings is 1. The summed E-state index contributed by atoms with van der Waals surface area (Å²) < 4.78 is 0. The monoisotopic (exact) mass is 282 g/mol. The first kappa shape index (κ1) is 13.4. The van der Waals surface area contributed by atoms with Gasteiger partial charge in [-0.15, -0.1) is 0 Å². The third-order valence-electron chi connectivity index (χ3n) is 2.67. The summed E-state index contributed by atoms with van der Waals surface area (Å²) in [5, 5.41) is 0.740. The van der Waals surface area contributed by atoms with E-state index in [2.05, 4.69) is 35.0 Å². The van der Waals surface area contributed by atoms with Crippen molar-refractivity contribution in [1.29, 1.82) is 0 Å². The molecule has 1 nitrogen and oxygen atoms in total. The molecule has 88 valence electrons. The number of carbonyl (C=O) groups is 1. The van der Waals surface area contributed by atoms with Crippen LogP contribution in [-0.4, -0.2) is 11.1 Å². The van der Waals surface area contributed by atoms with Gasteiger partial charge in [0.2, 0.25) is 0 Å². The van der Waals surface area contributed by atoms with Gasteiger partial charge >= 0.3 is 0 Å². The summed E-state index contributed by atoms with van der Waals surface area (Å²) in [6, 6.07) is 8.06. The van der Waals surface area contributed by atoms with Gasteiger partial charge in [0.05, 0.1) is 0 Å². The van der Waals surface area contributed by atoms with Gasteiger partial charge in [-0.3, -0.25) is 4.79 Å². The van der Waals surface area contributed by atoms with Gasteiger partial charge in [-0.25, -0.2) is 0 Å². The highest BCUT2D eigenvalue weighted by atomic mass is 79.9. The standard InChI is InChI=1S/C14H19BrO/c1-2-3-4-5-12-6-8-13(9-7-12)14(16)10-11-15/h6-9H,2-5,10-11H2,1H3. The Morgan fingerprint density at radius 3 is 2.44 bits per heavy atom. The zero-order valence-corrected chi connectivity index (χ0v) is 11.4. The minimum absolute atomic E-state index is 0.219. The number of Topliss-reactive ketones (excluding diaryl/α,β-unsaturated/α-hetero) is 1. The van der Waals surface area contributed by atoms with Gasteiger partial charge in [0.1, 0.15) is 0 Å². The number of alkyl halides is 1. The van der Waals surface area contributed by atoms with Crippen LogP contribution in [0.5, 0.6) is 0 Å². The Labute approximate surface area is 106 Å². The normalized spacial score (nSPS) is 10.4. The summed E-state index contributed by atoms with van der Waals surface area (Å²) in [7, 11) is 0. The number of aryl methyl sites for hydroxylation is 1. The van der Waals surface area contributed by atoms with Crippen molar-refractivity contribution in [2.45, 2.75) is 39.0 Å². The number of rotatable bonds is 7. The number of hydrogen-bond acceptors (Lipinski definition) is 1. The molecule has 0 atom stereocenters. The zero-order valence-electron chi connectivity index (χ0n) is 9.84. The van der Waals surface area contributed by atoms with Crippen LogP contribution in [0.4, 0.5) is 0 Å². The Morgan fingerprint density at radius 2 is 1.88 bits per heavy atom. The number of halogens is 1. The fourth-order valence-electron chi connectivity index (χ4n) is 1.67.